The smallest absolute Gasteiger partial charge is 0.257 e. The largest absolute Gasteiger partial charge is 0.494 e. The number of hydrogen-bond acceptors (Lipinski definition) is 4. The van der Waals surface area contributed by atoms with E-state index < -0.39 is 0 Å². The number of ether oxygens (including phenoxy) is 1. The summed E-state index contributed by atoms with van der Waals surface area (Å²) in [6, 6.07) is 7.60. The second-order valence-electron chi connectivity index (χ2n) is 6.41. The van der Waals surface area contributed by atoms with Crippen LogP contribution in [0.4, 0.5) is 0 Å². The zero-order valence-electron chi connectivity index (χ0n) is 14.6. The number of benzene rings is 1. The minimum absolute atomic E-state index is 0.00223. The molecule has 1 fully saturated rings. The average molecular weight is 351 g/mol. The van der Waals surface area contributed by atoms with Gasteiger partial charge in [-0.1, -0.05) is 12.1 Å². The summed E-state index contributed by atoms with van der Waals surface area (Å²) in [7, 11) is 1.62. The molecule has 0 spiro atoms. The Hall–Kier alpha value is -3.09. The summed E-state index contributed by atoms with van der Waals surface area (Å²) in [4.78, 5) is 22.3. The molecule has 1 N–H and O–H groups in total. The third kappa shape index (κ3) is 3.08. The van der Waals surface area contributed by atoms with Crippen molar-refractivity contribution in [2.24, 2.45) is 0 Å². The summed E-state index contributed by atoms with van der Waals surface area (Å²) >= 11 is 0. The molecule has 3 heterocycles. The Bertz CT molecular complexity index is 887. The Morgan fingerprint density at radius 3 is 3.04 bits per heavy atom. The zero-order valence-corrected chi connectivity index (χ0v) is 14.6. The number of carbonyl (C=O) groups is 1. The molecular weight excluding hydrogens is 330 g/mol. The lowest BCUT2D eigenvalue weighted by molar-refractivity contribution is 0.0705. The lowest BCUT2D eigenvalue weighted by Gasteiger charge is -2.31. The first-order valence-electron chi connectivity index (χ1n) is 8.73. The predicted octanol–water partition coefficient (Wildman–Crippen LogP) is 2.62. The first kappa shape index (κ1) is 16.4. The van der Waals surface area contributed by atoms with Crippen LogP contribution in [0.1, 0.15) is 34.9 Å². The molecule has 7 heteroatoms. The van der Waals surface area contributed by atoms with Gasteiger partial charge in [0.1, 0.15) is 17.3 Å². The number of para-hydroxylation sites is 2. The van der Waals surface area contributed by atoms with Crippen molar-refractivity contribution < 1.29 is 9.53 Å². The number of aromatic nitrogens is 4. The van der Waals surface area contributed by atoms with Crippen LogP contribution in [0, 0.1) is 0 Å². The molecular formula is C19H21N5O2. The number of carbonyl (C=O) groups excluding carboxylic acids is 1. The van der Waals surface area contributed by atoms with Crippen LogP contribution in [0.15, 0.2) is 49.1 Å². The first-order chi connectivity index (χ1) is 12.8. The summed E-state index contributed by atoms with van der Waals surface area (Å²) < 4.78 is 7.06. The summed E-state index contributed by atoms with van der Waals surface area (Å²) in [5, 5.41) is 4.35. The molecule has 1 aliphatic rings. The summed E-state index contributed by atoms with van der Waals surface area (Å²) in [5.74, 6) is 1.92. The van der Waals surface area contributed by atoms with Crippen molar-refractivity contribution in [3.63, 3.8) is 0 Å². The molecule has 0 saturated carbocycles. The van der Waals surface area contributed by atoms with Crippen LogP contribution in [0.5, 0.6) is 5.75 Å². The molecule has 1 saturated heterocycles. The maximum Gasteiger partial charge on any atom is 0.257 e. The normalized spacial score (nSPS) is 17.3. The van der Waals surface area contributed by atoms with Crippen LogP contribution in [0.25, 0.3) is 5.69 Å². The number of likely N-dealkylation sites (tertiary alicyclic amines) is 1. The maximum absolute atomic E-state index is 12.9. The van der Waals surface area contributed by atoms with Crippen molar-refractivity contribution in [2.45, 2.75) is 18.8 Å². The Morgan fingerprint density at radius 1 is 1.35 bits per heavy atom. The number of nitrogens with one attached hydrogen (secondary N) is 1. The van der Waals surface area contributed by atoms with Crippen LogP contribution in [-0.2, 0) is 0 Å². The van der Waals surface area contributed by atoms with E-state index in [1.807, 2.05) is 35.4 Å². The fourth-order valence-corrected chi connectivity index (χ4v) is 3.45. The molecule has 4 rings (SSSR count). The highest BCUT2D eigenvalue weighted by molar-refractivity contribution is 5.94. The van der Waals surface area contributed by atoms with Gasteiger partial charge in [-0.3, -0.25) is 4.79 Å². The molecule has 26 heavy (non-hydrogen) atoms. The minimum atomic E-state index is 0.00223. The van der Waals surface area contributed by atoms with E-state index in [0.29, 0.717) is 17.9 Å². The lowest BCUT2D eigenvalue weighted by atomic mass is 9.97. The molecule has 3 aromatic rings. The molecule has 1 atom stereocenters. The highest BCUT2D eigenvalue weighted by atomic mass is 16.5. The topological polar surface area (TPSA) is 76.0 Å². The molecule has 2 aromatic heterocycles. The quantitative estimate of drug-likeness (QED) is 0.784. The van der Waals surface area contributed by atoms with E-state index in [2.05, 4.69) is 15.1 Å². The van der Waals surface area contributed by atoms with E-state index in [4.69, 9.17) is 4.74 Å². The van der Waals surface area contributed by atoms with Gasteiger partial charge in [-0.15, -0.1) is 0 Å². The third-order valence-corrected chi connectivity index (χ3v) is 4.78. The SMILES string of the molecule is COc1ccccc1-n1cc(C(=O)N2CCCC(c3ncc[nH]3)C2)cn1. The maximum atomic E-state index is 12.9. The first-order valence-corrected chi connectivity index (χ1v) is 8.73. The number of H-pyrrole nitrogens is 1. The van der Waals surface area contributed by atoms with Gasteiger partial charge in [0.2, 0.25) is 0 Å². The second-order valence-corrected chi connectivity index (χ2v) is 6.41. The van der Waals surface area contributed by atoms with Crippen LogP contribution in [-0.4, -0.2) is 50.8 Å². The number of amides is 1. The summed E-state index contributed by atoms with van der Waals surface area (Å²) in [6.07, 6.45) is 8.97. The molecule has 1 unspecified atom stereocenters. The summed E-state index contributed by atoms with van der Waals surface area (Å²) in [6.45, 7) is 1.43. The molecule has 1 amide bonds. The molecule has 0 aliphatic carbocycles. The molecule has 7 nitrogen and oxygen atoms in total. The van der Waals surface area contributed by atoms with E-state index >= 15 is 0 Å². The van der Waals surface area contributed by atoms with Gasteiger partial charge in [-0.25, -0.2) is 9.67 Å². The standard InChI is InChI=1S/C19H21N5O2/c1-26-17-7-3-2-6-16(17)24-13-15(11-22-24)19(25)23-10-4-5-14(12-23)18-20-8-9-21-18/h2-3,6-9,11,13-14H,4-5,10,12H2,1H3,(H,20,21). The second kappa shape index (κ2) is 7.03. The number of nitrogens with zero attached hydrogens (tertiary/aromatic N) is 4. The van der Waals surface area contributed by atoms with Gasteiger partial charge in [0, 0.05) is 37.6 Å². The fraction of sp³-hybridized carbons (Fsp3) is 0.316. The number of piperidine rings is 1. The van der Waals surface area contributed by atoms with Crippen LogP contribution in [0.3, 0.4) is 0 Å². The molecule has 1 aromatic carbocycles. The van der Waals surface area contributed by atoms with E-state index in [-0.39, 0.29) is 11.8 Å². The van der Waals surface area contributed by atoms with E-state index in [1.165, 1.54) is 0 Å². The number of hydrogen-bond donors (Lipinski definition) is 1. The number of aromatic amines is 1. The van der Waals surface area contributed by atoms with Crippen molar-refractivity contribution in [3.05, 3.63) is 60.4 Å². The molecule has 0 bridgehead atoms. The van der Waals surface area contributed by atoms with Gasteiger partial charge in [-0.05, 0) is 25.0 Å². The van der Waals surface area contributed by atoms with Gasteiger partial charge in [0.25, 0.3) is 5.91 Å². The third-order valence-electron chi connectivity index (χ3n) is 4.78. The molecule has 1 aliphatic heterocycles. The van der Waals surface area contributed by atoms with Crippen molar-refractivity contribution in [1.29, 1.82) is 0 Å². The van der Waals surface area contributed by atoms with Crippen molar-refractivity contribution >= 4 is 5.91 Å². The van der Waals surface area contributed by atoms with Gasteiger partial charge in [0.05, 0.1) is 18.9 Å². The molecule has 0 radical (unpaired) electrons. The number of rotatable bonds is 4. The fourth-order valence-electron chi connectivity index (χ4n) is 3.45. The Balaban J connectivity index is 1.53. The number of methoxy groups -OCH3 is 1. The van der Waals surface area contributed by atoms with E-state index in [9.17, 15) is 4.79 Å². The van der Waals surface area contributed by atoms with E-state index in [0.717, 1.165) is 30.9 Å². The van der Waals surface area contributed by atoms with Crippen molar-refractivity contribution in [1.82, 2.24) is 24.6 Å². The highest BCUT2D eigenvalue weighted by Gasteiger charge is 2.27. The molecule has 134 valence electrons. The van der Waals surface area contributed by atoms with Crippen LogP contribution < -0.4 is 4.74 Å². The van der Waals surface area contributed by atoms with Gasteiger partial charge in [-0.2, -0.15) is 5.10 Å². The summed E-state index contributed by atoms with van der Waals surface area (Å²) in [5.41, 5.74) is 1.39. The zero-order chi connectivity index (χ0) is 17.9. The van der Waals surface area contributed by atoms with Crippen molar-refractivity contribution in [2.75, 3.05) is 20.2 Å². The number of imidazole rings is 1. The average Bonchev–Trinajstić information content (AvgIpc) is 3.39. The monoisotopic (exact) mass is 351 g/mol. The van der Waals surface area contributed by atoms with Gasteiger partial charge in [0.15, 0.2) is 0 Å². The Morgan fingerprint density at radius 2 is 2.23 bits per heavy atom. The highest BCUT2D eigenvalue weighted by Crippen LogP contribution is 2.26. The van der Waals surface area contributed by atoms with Crippen molar-refractivity contribution in [3.8, 4) is 11.4 Å². The van der Waals surface area contributed by atoms with Crippen LogP contribution >= 0.6 is 0 Å². The predicted molar refractivity (Wildman–Crippen MR) is 96.6 cm³/mol. The minimum Gasteiger partial charge on any atom is -0.494 e. The van der Waals surface area contributed by atoms with E-state index in [1.54, 1.807) is 30.4 Å². The van der Waals surface area contributed by atoms with Gasteiger partial charge >= 0.3 is 0 Å². The van der Waals surface area contributed by atoms with Crippen LogP contribution in [0.2, 0.25) is 0 Å². The lowest BCUT2D eigenvalue weighted by Crippen LogP contribution is -2.39. The Kier molecular flexibility index (Phi) is 4.43. The van der Waals surface area contributed by atoms with Gasteiger partial charge < -0.3 is 14.6 Å². The Labute approximate surface area is 151 Å².